The van der Waals surface area contributed by atoms with E-state index in [1.807, 2.05) is 0 Å². The number of piperidine rings is 1. The second kappa shape index (κ2) is 22.8. The summed E-state index contributed by atoms with van der Waals surface area (Å²) in [6.45, 7) is 10.3. The van der Waals surface area contributed by atoms with E-state index in [0.717, 1.165) is 26.4 Å². The smallest absolute Gasteiger partial charge is 0.0934 e. The van der Waals surface area contributed by atoms with Crippen molar-refractivity contribution in [3.63, 3.8) is 0 Å². The molecule has 0 bridgehead atoms. The van der Waals surface area contributed by atoms with Crippen molar-refractivity contribution in [2.75, 3.05) is 39.5 Å². The normalized spacial score (nSPS) is 16.3. The number of rotatable bonds is 22. The number of nitrogens with zero attached hydrogens (tertiary/aromatic N) is 1. The first-order valence-electron chi connectivity index (χ1n) is 13.9. The highest BCUT2D eigenvalue weighted by Gasteiger charge is 2.16. The average molecular weight is 438 g/mol. The van der Waals surface area contributed by atoms with Gasteiger partial charge < -0.3 is 14.4 Å². The van der Waals surface area contributed by atoms with Crippen LogP contribution in [0.5, 0.6) is 0 Å². The van der Waals surface area contributed by atoms with Crippen molar-refractivity contribution >= 4 is 0 Å². The minimum atomic E-state index is 0.247. The van der Waals surface area contributed by atoms with Crippen LogP contribution in [0.25, 0.3) is 0 Å². The molecule has 1 fully saturated rings. The molecule has 0 saturated carbocycles. The second-order valence-corrected chi connectivity index (χ2v) is 9.45. The molecular weight excluding hydrogens is 382 g/mol. The molecule has 1 rings (SSSR count). The first-order chi connectivity index (χ1) is 15.4. The second-order valence-electron chi connectivity index (χ2n) is 9.45. The molecule has 0 aliphatic carbocycles. The minimum absolute atomic E-state index is 0.247. The van der Waals surface area contributed by atoms with Gasteiger partial charge in [-0.2, -0.15) is 0 Å². The molecule has 1 atom stereocenters. The lowest BCUT2D eigenvalue weighted by Gasteiger charge is -2.30. The predicted octanol–water partition coefficient (Wildman–Crippen LogP) is 7.93. The Hall–Kier alpha value is -0.380. The van der Waals surface area contributed by atoms with Crippen LogP contribution in [-0.4, -0.2) is 50.5 Å². The molecule has 184 valence electrons. The fourth-order valence-electron chi connectivity index (χ4n) is 4.49. The third-order valence-corrected chi connectivity index (χ3v) is 6.42. The van der Waals surface area contributed by atoms with E-state index in [0.29, 0.717) is 0 Å². The first kappa shape index (κ1) is 28.7. The molecule has 0 aromatic heterocycles. The number of hydrogen-bond acceptors (Lipinski definition) is 3. The minimum Gasteiger partial charge on any atom is -0.379 e. The summed E-state index contributed by atoms with van der Waals surface area (Å²) in [5.41, 5.74) is 0. The molecule has 3 nitrogen and oxygen atoms in total. The molecule has 0 spiro atoms. The van der Waals surface area contributed by atoms with E-state index in [2.05, 4.69) is 30.9 Å². The zero-order valence-electron chi connectivity index (χ0n) is 21.3. The zero-order chi connectivity index (χ0) is 22.2. The highest BCUT2D eigenvalue weighted by atomic mass is 16.5. The summed E-state index contributed by atoms with van der Waals surface area (Å²) in [7, 11) is 0. The van der Waals surface area contributed by atoms with Crippen LogP contribution in [0.1, 0.15) is 123 Å². The van der Waals surface area contributed by atoms with E-state index in [4.69, 9.17) is 9.47 Å². The van der Waals surface area contributed by atoms with Crippen LogP contribution in [0.3, 0.4) is 0 Å². The molecule has 1 aliphatic heterocycles. The fourth-order valence-corrected chi connectivity index (χ4v) is 4.49. The van der Waals surface area contributed by atoms with Gasteiger partial charge >= 0.3 is 0 Å². The van der Waals surface area contributed by atoms with Crippen molar-refractivity contribution in [3.8, 4) is 0 Å². The average Bonchev–Trinajstić information content (AvgIpc) is 2.79. The number of hydrogen-bond donors (Lipinski definition) is 0. The van der Waals surface area contributed by atoms with Crippen molar-refractivity contribution < 1.29 is 9.47 Å². The van der Waals surface area contributed by atoms with Crippen LogP contribution in [0, 0.1) is 0 Å². The quantitative estimate of drug-likeness (QED) is 0.127. The lowest BCUT2D eigenvalue weighted by atomic mass is 10.1. The van der Waals surface area contributed by atoms with Gasteiger partial charge in [0.2, 0.25) is 0 Å². The molecule has 0 N–H and O–H groups in total. The van der Waals surface area contributed by atoms with Crippen LogP contribution in [0.2, 0.25) is 0 Å². The maximum atomic E-state index is 5.95. The molecule has 0 aromatic rings. The maximum absolute atomic E-state index is 5.95. The first-order valence-corrected chi connectivity index (χ1v) is 13.9. The molecule has 31 heavy (non-hydrogen) atoms. The number of likely N-dealkylation sites (tertiary alicyclic amines) is 1. The van der Waals surface area contributed by atoms with Gasteiger partial charge in [0.15, 0.2) is 0 Å². The summed E-state index contributed by atoms with van der Waals surface area (Å²) < 4.78 is 11.9. The summed E-state index contributed by atoms with van der Waals surface area (Å²) in [6, 6.07) is 0. The third-order valence-electron chi connectivity index (χ3n) is 6.42. The molecule has 0 aromatic carbocycles. The largest absolute Gasteiger partial charge is 0.379 e. The lowest BCUT2D eigenvalue weighted by molar-refractivity contribution is -0.0308. The Labute approximate surface area is 195 Å². The van der Waals surface area contributed by atoms with Gasteiger partial charge in [0, 0.05) is 19.8 Å². The van der Waals surface area contributed by atoms with E-state index in [9.17, 15) is 0 Å². The van der Waals surface area contributed by atoms with Crippen LogP contribution in [0.4, 0.5) is 0 Å². The van der Waals surface area contributed by atoms with Gasteiger partial charge in [0.05, 0.1) is 12.7 Å². The van der Waals surface area contributed by atoms with Crippen LogP contribution >= 0.6 is 0 Å². The Morgan fingerprint density at radius 3 is 1.90 bits per heavy atom. The van der Waals surface area contributed by atoms with Gasteiger partial charge in [-0.15, -0.1) is 0 Å². The van der Waals surface area contributed by atoms with Gasteiger partial charge in [0.1, 0.15) is 0 Å². The lowest BCUT2D eigenvalue weighted by Crippen LogP contribution is -2.39. The zero-order valence-corrected chi connectivity index (χ0v) is 21.3. The van der Waals surface area contributed by atoms with Crippen LogP contribution in [0.15, 0.2) is 12.2 Å². The predicted molar refractivity (Wildman–Crippen MR) is 136 cm³/mol. The maximum Gasteiger partial charge on any atom is 0.0934 e. The summed E-state index contributed by atoms with van der Waals surface area (Å²) in [4.78, 5) is 2.55. The van der Waals surface area contributed by atoms with E-state index in [-0.39, 0.29) is 6.10 Å². The van der Waals surface area contributed by atoms with Gasteiger partial charge in [-0.3, -0.25) is 0 Å². The summed E-state index contributed by atoms with van der Waals surface area (Å²) in [6.07, 6.45) is 28.1. The van der Waals surface area contributed by atoms with Crippen molar-refractivity contribution in [2.45, 2.75) is 129 Å². The summed E-state index contributed by atoms with van der Waals surface area (Å²) in [5, 5.41) is 0. The van der Waals surface area contributed by atoms with E-state index in [1.165, 1.54) is 122 Å². The van der Waals surface area contributed by atoms with Crippen molar-refractivity contribution in [1.82, 2.24) is 4.90 Å². The summed E-state index contributed by atoms with van der Waals surface area (Å²) in [5.74, 6) is 0. The van der Waals surface area contributed by atoms with E-state index >= 15 is 0 Å². The molecule has 1 unspecified atom stereocenters. The monoisotopic (exact) mass is 437 g/mol. The van der Waals surface area contributed by atoms with Crippen LogP contribution in [-0.2, 0) is 9.47 Å². The molecule has 1 aliphatic rings. The third kappa shape index (κ3) is 18.9. The van der Waals surface area contributed by atoms with Crippen LogP contribution < -0.4 is 0 Å². The Kier molecular flexibility index (Phi) is 21.1. The van der Waals surface area contributed by atoms with Gasteiger partial charge in [-0.05, 0) is 65.0 Å². The number of allylic oxidation sites excluding steroid dienone is 2. The highest BCUT2D eigenvalue weighted by molar-refractivity contribution is 4.81. The van der Waals surface area contributed by atoms with Gasteiger partial charge in [-0.1, -0.05) is 83.3 Å². The molecule has 1 heterocycles. The SMILES string of the molecule is CCCCCCCC/C=C\CCCCCCCCOCC(CN1CCCCC1)OCC. The van der Waals surface area contributed by atoms with Crippen molar-refractivity contribution in [3.05, 3.63) is 12.2 Å². The Morgan fingerprint density at radius 2 is 1.29 bits per heavy atom. The standard InChI is InChI=1S/C28H55NO2/c1-3-5-6-7-8-9-10-11-12-13-14-15-16-17-18-22-25-30-27-28(31-4-2)26-29-23-20-19-21-24-29/h11-12,28H,3-10,13-27H2,1-2H3/b12-11-. The molecular formula is C28H55NO2. The van der Waals surface area contributed by atoms with Crippen molar-refractivity contribution in [2.24, 2.45) is 0 Å². The molecule has 0 amide bonds. The van der Waals surface area contributed by atoms with E-state index < -0.39 is 0 Å². The number of ether oxygens (including phenoxy) is 2. The molecule has 3 heteroatoms. The fraction of sp³-hybridized carbons (Fsp3) is 0.929. The highest BCUT2D eigenvalue weighted by Crippen LogP contribution is 2.12. The molecule has 1 saturated heterocycles. The Morgan fingerprint density at radius 1 is 0.710 bits per heavy atom. The van der Waals surface area contributed by atoms with Crippen molar-refractivity contribution in [1.29, 1.82) is 0 Å². The Balaban J connectivity index is 1.83. The summed E-state index contributed by atoms with van der Waals surface area (Å²) >= 11 is 0. The Bertz CT molecular complexity index is 379. The van der Waals surface area contributed by atoms with E-state index in [1.54, 1.807) is 0 Å². The van der Waals surface area contributed by atoms with Gasteiger partial charge in [0.25, 0.3) is 0 Å². The van der Waals surface area contributed by atoms with Gasteiger partial charge in [-0.25, -0.2) is 0 Å². The topological polar surface area (TPSA) is 21.7 Å². The number of unbranched alkanes of at least 4 members (excludes halogenated alkanes) is 12. The molecule has 0 radical (unpaired) electrons.